The van der Waals surface area contributed by atoms with Gasteiger partial charge in [0, 0.05) is 5.71 Å². The maximum atomic E-state index is 7.07. The summed E-state index contributed by atoms with van der Waals surface area (Å²) in [4.78, 5) is 0. The van der Waals surface area contributed by atoms with E-state index in [2.05, 4.69) is 13.8 Å². The third-order valence-electron chi connectivity index (χ3n) is 0.854. The standard InChI is InChI=1S/C6H12N/c1-3-5-6(7)4-2/h7H,2-5H2,1H3. The van der Waals surface area contributed by atoms with Crippen LogP contribution in [0.15, 0.2) is 0 Å². The van der Waals surface area contributed by atoms with E-state index in [-0.39, 0.29) is 0 Å². The van der Waals surface area contributed by atoms with Gasteiger partial charge in [0.1, 0.15) is 0 Å². The highest BCUT2D eigenvalue weighted by atomic mass is 14.4. The van der Waals surface area contributed by atoms with Gasteiger partial charge in [0.15, 0.2) is 0 Å². The van der Waals surface area contributed by atoms with Gasteiger partial charge < -0.3 is 5.41 Å². The van der Waals surface area contributed by atoms with E-state index in [4.69, 9.17) is 5.41 Å². The number of hydrogen-bond acceptors (Lipinski definition) is 1. The van der Waals surface area contributed by atoms with Crippen LogP contribution in [-0.2, 0) is 0 Å². The first-order chi connectivity index (χ1) is 3.31. The lowest BCUT2D eigenvalue weighted by atomic mass is 10.2. The van der Waals surface area contributed by atoms with E-state index in [0.29, 0.717) is 6.42 Å². The van der Waals surface area contributed by atoms with Crippen molar-refractivity contribution < 1.29 is 0 Å². The van der Waals surface area contributed by atoms with Gasteiger partial charge in [-0.3, -0.25) is 0 Å². The molecule has 1 N–H and O–H groups in total. The molecule has 1 nitrogen and oxygen atoms in total. The van der Waals surface area contributed by atoms with Gasteiger partial charge in [-0.25, -0.2) is 0 Å². The Morgan fingerprint density at radius 1 is 1.71 bits per heavy atom. The molecule has 0 aliphatic rings. The Hall–Kier alpha value is -0.330. The lowest BCUT2D eigenvalue weighted by Gasteiger charge is -1.91. The molecule has 0 amide bonds. The van der Waals surface area contributed by atoms with Crippen molar-refractivity contribution in [1.29, 1.82) is 5.41 Å². The fraction of sp³-hybridized carbons (Fsp3) is 0.667. The molecular weight excluding hydrogens is 86.1 g/mol. The summed E-state index contributed by atoms with van der Waals surface area (Å²) in [6, 6.07) is 0. The normalized spacial score (nSPS) is 8.86. The molecule has 7 heavy (non-hydrogen) atoms. The summed E-state index contributed by atoms with van der Waals surface area (Å²) in [6.07, 6.45) is 2.67. The molecule has 0 atom stereocenters. The molecule has 1 heteroatoms. The molecule has 0 saturated heterocycles. The Morgan fingerprint density at radius 3 is 2.43 bits per heavy atom. The summed E-state index contributed by atoms with van der Waals surface area (Å²) < 4.78 is 0. The summed E-state index contributed by atoms with van der Waals surface area (Å²) in [7, 11) is 0. The van der Waals surface area contributed by atoms with Crippen molar-refractivity contribution in [2.45, 2.75) is 26.2 Å². The first-order valence-corrected chi connectivity index (χ1v) is 2.66. The molecule has 0 bridgehead atoms. The molecule has 0 aromatic heterocycles. The largest absolute Gasteiger partial charge is 0.310 e. The van der Waals surface area contributed by atoms with Crippen molar-refractivity contribution in [1.82, 2.24) is 0 Å². The Morgan fingerprint density at radius 2 is 2.29 bits per heavy atom. The van der Waals surface area contributed by atoms with E-state index in [9.17, 15) is 0 Å². The third kappa shape index (κ3) is 3.50. The predicted molar refractivity (Wildman–Crippen MR) is 32.6 cm³/mol. The van der Waals surface area contributed by atoms with Crippen molar-refractivity contribution in [2.75, 3.05) is 0 Å². The molecule has 0 saturated carbocycles. The van der Waals surface area contributed by atoms with Gasteiger partial charge in [-0.05, 0) is 19.8 Å². The lowest BCUT2D eigenvalue weighted by molar-refractivity contribution is 0.969. The minimum atomic E-state index is 0.674. The molecule has 0 aromatic carbocycles. The molecule has 0 heterocycles. The summed E-state index contributed by atoms with van der Waals surface area (Å²) in [6.45, 7) is 5.65. The second kappa shape index (κ2) is 3.85. The summed E-state index contributed by atoms with van der Waals surface area (Å²) in [5.74, 6) is 0. The fourth-order valence-corrected chi connectivity index (χ4v) is 0.427. The summed E-state index contributed by atoms with van der Waals surface area (Å²) in [5, 5.41) is 7.07. The molecule has 0 rings (SSSR count). The maximum Gasteiger partial charge on any atom is 0.00890 e. The van der Waals surface area contributed by atoms with Gasteiger partial charge in [0.05, 0.1) is 0 Å². The molecule has 0 aliphatic carbocycles. The zero-order valence-electron chi connectivity index (χ0n) is 4.83. The predicted octanol–water partition coefficient (Wildman–Crippen LogP) is 2.03. The van der Waals surface area contributed by atoms with Crippen LogP contribution in [0.4, 0.5) is 0 Å². The van der Waals surface area contributed by atoms with Crippen LogP contribution < -0.4 is 0 Å². The molecule has 0 aliphatic heterocycles. The van der Waals surface area contributed by atoms with Crippen LogP contribution in [0, 0.1) is 12.3 Å². The average molecular weight is 98.2 g/mol. The van der Waals surface area contributed by atoms with Gasteiger partial charge in [0.25, 0.3) is 0 Å². The maximum absolute atomic E-state index is 7.07. The van der Waals surface area contributed by atoms with Crippen molar-refractivity contribution >= 4 is 5.71 Å². The van der Waals surface area contributed by atoms with Gasteiger partial charge in [-0.2, -0.15) is 0 Å². The first-order valence-electron chi connectivity index (χ1n) is 2.66. The topological polar surface area (TPSA) is 23.9 Å². The van der Waals surface area contributed by atoms with Crippen molar-refractivity contribution in [3.05, 3.63) is 6.92 Å². The van der Waals surface area contributed by atoms with E-state index < -0.39 is 0 Å². The van der Waals surface area contributed by atoms with Crippen molar-refractivity contribution in [2.24, 2.45) is 0 Å². The minimum Gasteiger partial charge on any atom is -0.310 e. The van der Waals surface area contributed by atoms with Gasteiger partial charge in [0.2, 0.25) is 0 Å². The average Bonchev–Trinajstić information content (AvgIpc) is 1.68. The SMILES string of the molecule is [CH2]CC(=N)CCC. The molecule has 0 spiro atoms. The summed E-state index contributed by atoms with van der Waals surface area (Å²) >= 11 is 0. The van der Waals surface area contributed by atoms with Gasteiger partial charge >= 0.3 is 0 Å². The van der Waals surface area contributed by atoms with Crippen LogP contribution in [0.25, 0.3) is 0 Å². The zero-order valence-corrected chi connectivity index (χ0v) is 4.83. The van der Waals surface area contributed by atoms with Crippen LogP contribution in [-0.4, -0.2) is 5.71 Å². The summed E-state index contributed by atoms with van der Waals surface area (Å²) in [5.41, 5.74) is 0.766. The lowest BCUT2D eigenvalue weighted by Crippen LogP contribution is -1.90. The molecule has 41 valence electrons. The minimum absolute atomic E-state index is 0.674. The van der Waals surface area contributed by atoms with Crippen LogP contribution >= 0.6 is 0 Å². The van der Waals surface area contributed by atoms with Crippen molar-refractivity contribution in [3.63, 3.8) is 0 Å². The number of nitrogens with one attached hydrogen (secondary N) is 1. The van der Waals surface area contributed by atoms with Crippen LogP contribution in [0.5, 0.6) is 0 Å². The van der Waals surface area contributed by atoms with E-state index in [1.807, 2.05) is 0 Å². The van der Waals surface area contributed by atoms with Gasteiger partial charge in [-0.15, -0.1) is 0 Å². The Labute approximate surface area is 45.2 Å². The smallest absolute Gasteiger partial charge is 0.00890 e. The Kier molecular flexibility index (Phi) is 3.67. The Balaban J connectivity index is 3.00. The molecule has 0 unspecified atom stereocenters. The van der Waals surface area contributed by atoms with E-state index in [1.54, 1.807) is 0 Å². The number of rotatable bonds is 3. The van der Waals surface area contributed by atoms with Crippen LogP contribution in [0.1, 0.15) is 26.2 Å². The molecule has 0 fully saturated rings. The van der Waals surface area contributed by atoms with Crippen molar-refractivity contribution in [3.8, 4) is 0 Å². The Bertz CT molecular complexity index is 57.2. The van der Waals surface area contributed by atoms with Crippen LogP contribution in [0.3, 0.4) is 0 Å². The monoisotopic (exact) mass is 98.1 g/mol. The first kappa shape index (κ1) is 6.67. The quantitative estimate of drug-likeness (QED) is 0.522. The zero-order chi connectivity index (χ0) is 5.70. The second-order valence-electron chi connectivity index (χ2n) is 1.60. The van der Waals surface area contributed by atoms with Crippen LogP contribution in [0.2, 0.25) is 0 Å². The van der Waals surface area contributed by atoms with E-state index >= 15 is 0 Å². The molecule has 1 radical (unpaired) electrons. The highest BCUT2D eigenvalue weighted by molar-refractivity contribution is 5.81. The van der Waals surface area contributed by atoms with E-state index in [0.717, 1.165) is 18.6 Å². The molecule has 0 aromatic rings. The fourth-order valence-electron chi connectivity index (χ4n) is 0.427. The third-order valence-corrected chi connectivity index (χ3v) is 0.854. The highest BCUT2D eigenvalue weighted by Gasteiger charge is 1.86. The molecular formula is C6H12N. The van der Waals surface area contributed by atoms with E-state index in [1.165, 1.54) is 0 Å². The highest BCUT2D eigenvalue weighted by Crippen LogP contribution is 1.91. The van der Waals surface area contributed by atoms with Gasteiger partial charge in [-0.1, -0.05) is 13.3 Å². The second-order valence-corrected chi connectivity index (χ2v) is 1.60. The number of hydrogen-bond donors (Lipinski definition) is 1.